The van der Waals surface area contributed by atoms with Gasteiger partial charge in [-0.15, -0.1) is 0 Å². The molecule has 1 aliphatic heterocycles. The van der Waals surface area contributed by atoms with E-state index in [4.69, 9.17) is 4.74 Å². The van der Waals surface area contributed by atoms with Gasteiger partial charge in [0.2, 0.25) is 0 Å². The van der Waals surface area contributed by atoms with Crippen molar-refractivity contribution in [2.45, 2.75) is 20.8 Å². The molecule has 0 atom stereocenters. The topological polar surface area (TPSA) is 9.23 Å². The number of allylic oxidation sites excluding steroid dienone is 1. The van der Waals surface area contributed by atoms with E-state index in [1.54, 1.807) is 0 Å². The van der Waals surface area contributed by atoms with Gasteiger partial charge < -0.3 is 4.74 Å². The summed E-state index contributed by atoms with van der Waals surface area (Å²) in [5, 5.41) is 0. The summed E-state index contributed by atoms with van der Waals surface area (Å²) >= 11 is 3.49. The molecule has 1 nitrogen and oxygen atoms in total. The van der Waals surface area contributed by atoms with Crippen molar-refractivity contribution in [2.75, 3.05) is 6.61 Å². The predicted octanol–water partition coefficient (Wildman–Crippen LogP) is 4.27. The number of rotatable bonds is 0. The van der Waals surface area contributed by atoms with Crippen LogP contribution < -0.4 is 4.74 Å². The number of hydrogen-bond acceptors (Lipinski definition) is 1. The van der Waals surface area contributed by atoms with Gasteiger partial charge in [0.1, 0.15) is 5.75 Å². The van der Waals surface area contributed by atoms with Gasteiger partial charge in [0, 0.05) is 15.5 Å². The summed E-state index contributed by atoms with van der Waals surface area (Å²) in [4.78, 5) is 0. The largest absolute Gasteiger partial charge is 0.492 e. The van der Waals surface area contributed by atoms with E-state index in [9.17, 15) is 0 Å². The molecule has 0 bridgehead atoms. The van der Waals surface area contributed by atoms with Crippen LogP contribution in [0.5, 0.6) is 5.75 Å². The average molecular weight is 267 g/mol. The molecule has 0 radical (unpaired) electrons. The second kappa shape index (κ2) is 3.67. The van der Waals surface area contributed by atoms with Crippen LogP contribution in [0.3, 0.4) is 0 Å². The molecule has 0 amide bonds. The van der Waals surface area contributed by atoms with Gasteiger partial charge in [-0.05, 0) is 30.7 Å². The van der Waals surface area contributed by atoms with Crippen molar-refractivity contribution in [1.29, 1.82) is 0 Å². The van der Waals surface area contributed by atoms with Gasteiger partial charge >= 0.3 is 0 Å². The highest BCUT2D eigenvalue weighted by molar-refractivity contribution is 9.10. The third-order valence-electron chi connectivity index (χ3n) is 2.57. The van der Waals surface area contributed by atoms with Crippen molar-refractivity contribution < 1.29 is 4.74 Å². The van der Waals surface area contributed by atoms with Gasteiger partial charge in [-0.1, -0.05) is 35.9 Å². The van der Waals surface area contributed by atoms with E-state index < -0.39 is 0 Å². The minimum Gasteiger partial charge on any atom is -0.492 e. The normalized spacial score (nSPS) is 18.5. The van der Waals surface area contributed by atoms with Crippen molar-refractivity contribution in [2.24, 2.45) is 5.41 Å². The van der Waals surface area contributed by atoms with E-state index >= 15 is 0 Å². The first-order valence-corrected chi connectivity index (χ1v) is 5.89. The van der Waals surface area contributed by atoms with Gasteiger partial charge in [-0.3, -0.25) is 0 Å². The van der Waals surface area contributed by atoms with Crippen molar-refractivity contribution in [3.8, 4) is 5.75 Å². The molecule has 1 aromatic carbocycles. The maximum absolute atomic E-state index is 5.82. The van der Waals surface area contributed by atoms with Gasteiger partial charge in [0.05, 0.1) is 6.61 Å². The summed E-state index contributed by atoms with van der Waals surface area (Å²) in [6.07, 6.45) is 2.28. The molecular weight excluding hydrogens is 252 g/mol. The lowest BCUT2D eigenvalue weighted by molar-refractivity contribution is 0.225. The number of fused-ring (bicyclic) bond motifs is 1. The fourth-order valence-corrected chi connectivity index (χ4v) is 2.27. The van der Waals surface area contributed by atoms with E-state index in [0.29, 0.717) is 0 Å². The summed E-state index contributed by atoms with van der Waals surface area (Å²) in [6.45, 7) is 7.26. The van der Waals surface area contributed by atoms with Gasteiger partial charge in [0.15, 0.2) is 0 Å². The molecular formula is C13H15BrO. The zero-order valence-corrected chi connectivity index (χ0v) is 10.9. The third kappa shape index (κ3) is 2.25. The van der Waals surface area contributed by atoms with Crippen LogP contribution in [0.15, 0.2) is 28.7 Å². The van der Waals surface area contributed by atoms with E-state index in [1.807, 2.05) is 12.1 Å². The van der Waals surface area contributed by atoms with Crippen LogP contribution in [0.25, 0.3) is 5.57 Å². The second-order valence-corrected chi connectivity index (χ2v) is 5.66. The molecule has 1 aliphatic rings. The van der Waals surface area contributed by atoms with E-state index in [-0.39, 0.29) is 5.41 Å². The van der Waals surface area contributed by atoms with Gasteiger partial charge in [0.25, 0.3) is 0 Å². The Kier molecular flexibility index (Phi) is 2.63. The highest BCUT2D eigenvalue weighted by atomic mass is 79.9. The minimum absolute atomic E-state index is 0.107. The molecule has 0 aliphatic carbocycles. The zero-order chi connectivity index (χ0) is 11.1. The van der Waals surface area contributed by atoms with Crippen LogP contribution in [0.2, 0.25) is 0 Å². The summed E-state index contributed by atoms with van der Waals surface area (Å²) in [5.74, 6) is 0.984. The maximum atomic E-state index is 5.82. The number of ether oxygens (including phenoxy) is 1. The molecule has 0 saturated carbocycles. The van der Waals surface area contributed by atoms with E-state index in [2.05, 4.69) is 48.8 Å². The van der Waals surface area contributed by atoms with Crippen molar-refractivity contribution in [3.63, 3.8) is 0 Å². The lowest BCUT2D eigenvalue weighted by atomic mass is 9.91. The molecule has 2 heteroatoms. The molecule has 0 saturated heterocycles. The first-order valence-electron chi connectivity index (χ1n) is 5.10. The number of hydrogen-bond donors (Lipinski definition) is 0. The molecule has 2 rings (SSSR count). The van der Waals surface area contributed by atoms with Crippen molar-refractivity contribution >= 4 is 21.5 Å². The molecule has 0 aromatic heterocycles. The lowest BCUT2D eigenvalue weighted by Crippen LogP contribution is -2.17. The molecule has 0 N–H and O–H groups in total. The summed E-state index contributed by atoms with van der Waals surface area (Å²) in [6, 6.07) is 6.16. The zero-order valence-electron chi connectivity index (χ0n) is 9.30. The summed E-state index contributed by atoms with van der Waals surface area (Å²) in [7, 11) is 0. The van der Waals surface area contributed by atoms with Crippen LogP contribution in [0.1, 0.15) is 26.3 Å². The lowest BCUT2D eigenvalue weighted by Gasteiger charge is -2.18. The molecule has 1 aromatic rings. The third-order valence-corrected chi connectivity index (χ3v) is 3.07. The molecule has 0 fully saturated rings. The van der Waals surface area contributed by atoms with Gasteiger partial charge in [-0.25, -0.2) is 0 Å². The molecule has 0 spiro atoms. The first-order chi connectivity index (χ1) is 6.98. The quantitative estimate of drug-likeness (QED) is 0.682. The van der Waals surface area contributed by atoms with Crippen LogP contribution in [0.4, 0.5) is 0 Å². The monoisotopic (exact) mass is 266 g/mol. The Morgan fingerprint density at radius 1 is 1.33 bits per heavy atom. The average Bonchev–Trinajstić information content (AvgIpc) is 2.24. The SMILES string of the molecule is CC1=CC(C)(C)COc2ccc(Br)cc21. The van der Waals surface area contributed by atoms with Crippen molar-refractivity contribution in [1.82, 2.24) is 0 Å². The van der Waals surface area contributed by atoms with Crippen LogP contribution in [-0.4, -0.2) is 6.61 Å². The Morgan fingerprint density at radius 2 is 2.07 bits per heavy atom. The Labute approximate surface area is 99.3 Å². The van der Waals surface area contributed by atoms with Crippen LogP contribution in [0, 0.1) is 5.41 Å². The Bertz CT molecular complexity index is 419. The second-order valence-electron chi connectivity index (χ2n) is 4.75. The fourth-order valence-electron chi connectivity index (χ4n) is 1.91. The number of benzene rings is 1. The molecule has 15 heavy (non-hydrogen) atoms. The van der Waals surface area contributed by atoms with E-state index in [1.165, 1.54) is 11.1 Å². The minimum atomic E-state index is 0.107. The van der Waals surface area contributed by atoms with Crippen molar-refractivity contribution in [3.05, 3.63) is 34.3 Å². The highest BCUT2D eigenvalue weighted by Gasteiger charge is 2.21. The first kappa shape index (κ1) is 10.7. The van der Waals surface area contributed by atoms with E-state index in [0.717, 1.165) is 16.8 Å². The molecule has 80 valence electrons. The maximum Gasteiger partial charge on any atom is 0.126 e. The summed E-state index contributed by atoms with van der Waals surface area (Å²) in [5.41, 5.74) is 2.58. The number of halogens is 1. The molecule has 0 unspecified atom stereocenters. The fraction of sp³-hybridized carbons (Fsp3) is 0.385. The smallest absolute Gasteiger partial charge is 0.126 e. The standard InChI is InChI=1S/C13H15BrO/c1-9-7-13(2,3)8-15-12-5-4-10(14)6-11(9)12/h4-7H,8H2,1-3H3. The highest BCUT2D eigenvalue weighted by Crippen LogP contribution is 2.36. The summed E-state index contributed by atoms with van der Waals surface area (Å²) < 4.78 is 6.91. The van der Waals surface area contributed by atoms with Crippen LogP contribution in [-0.2, 0) is 0 Å². The van der Waals surface area contributed by atoms with Crippen LogP contribution >= 0.6 is 15.9 Å². The Hall–Kier alpha value is -0.760. The predicted molar refractivity (Wildman–Crippen MR) is 67.1 cm³/mol. The Balaban J connectivity index is 2.53. The van der Waals surface area contributed by atoms with Gasteiger partial charge in [-0.2, -0.15) is 0 Å². The molecule has 1 heterocycles. The Morgan fingerprint density at radius 3 is 2.80 bits per heavy atom.